The Morgan fingerprint density at radius 3 is 2.28 bits per heavy atom. The zero-order chi connectivity index (χ0) is 13.6. The summed E-state index contributed by atoms with van der Waals surface area (Å²) < 4.78 is 11.9. The molecule has 0 unspecified atom stereocenters. The highest BCUT2D eigenvalue weighted by atomic mass is 16.7. The van der Waals surface area contributed by atoms with Crippen LogP contribution >= 0.6 is 0 Å². The van der Waals surface area contributed by atoms with Crippen molar-refractivity contribution in [3.05, 3.63) is 17.8 Å². The summed E-state index contributed by atoms with van der Waals surface area (Å²) in [6.45, 7) is 8.42. The van der Waals surface area contributed by atoms with Gasteiger partial charge in [0.2, 0.25) is 0 Å². The minimum atomic E-state index is -0.423. The zero-order valence-electron chi connectivity index (χ0n) is 11.4. The van der Waals surface area contributed by atoms with E-state index in [4.69, 9.17) is 20.8 Å². The SMILES string of the molecule is CC1(C)OB(c2cnc(N)c(CN)c2)OC1(C)C. The van der Waals surface area contributed by atoms with E-state index in [-0.39, 0.29) is 11.2 Å². The molecule has 0 spiro atoms. The highest BCUT2D eigenvalue weighted by Crippen LogP contribution is 2.36. The predicted octanol–water partition coefficient (Wildman–Crippen LogP) is 0.422. The van der Waals surface area contributed by atoms with Crippen LogP contribution in [0.1, 0.15) is 33.3 Å². The fraction of sp³-hybridized carbons (Fsp3) is 0.583. The summed E-state index contributed by atoms with van der Waals surface area (Å²) in [5.41, 5.74) is 12.3. The number of hydrogen-bond acceptors (Lipinski definition) is 5. The van der Waals surface area contributed by atoms with Crippen LogP contribution in [0.3, 0.4) is 0 Å². The summed E-state index contributed by atoms with van der Waals surface area (Å²) >= 11 is 0. The molecule has 0 bridgehead atoms. The van der Waals surface area contributed by atoms with Crippen LogP contribution in [0.2, 0.25) is 0 Å². The summed E-state index contributed by atoms with van der Waals surface area (Å²) in [6, 6.07) is 1.89. The van der Waals surface area contributed by atoms with Crippen molar-refractivity contribution in [2.75, 3.05) is 5.73 Å². The summed E-state index contributed by atoms with van der Waals surface area (Å²) in [5.74, 6) is 0.456. The van der Waals surface area contributed by atoms with E-state index in [1.165, 1.54) is 0 Å². The lowest BCUT2D eigenvalue weighted by Crippen LogP contribution is -2.41. The minimum Gasteiger partial charge on any atom is -0.399 e. The number of hydrogen-bond donors (Lipinski definition) is 2. The Labute approximate surface area is 108 Å². The van der Waals surface area contributed by atoms with Gasteiger partial charge in [0.15, 0.2) is 0 Å². The lowest BCUT2D eigenvalue weighted by atomic mass is 9.79. The van der Waals surface area contributed by atoms with Gasteiger partial charge in [-0.1, -0.05) is 6.07 Å². The number of pyridine rings is 1. The molecule has 1 aliphatic rings. The van der Waals surface area contributed by atoms with Gasteiger partial charge in [0, 0.05) is 23.8 Å². The first-order valence-corrected chi connectivity index (χ1v) is 6.07. The summed E-state index contributed by atoms with van der Waals surface area (Å²) in [5, 5.41) is 0. The van der Waals surface area contributed by atoms with Gasteiger partial charge in [-0.2, -0.15) is 0 Å². The Bertz CT molecular complexity index is 447. The first-order valence-electron chi connectivity index (χ1n) is 6.07. The third-order valence-corrected chi connectivity index (χ3v) is 3.77. The Morgan fingerprint density at radius 2 is 1.78 bits per heavy atom. The molecule has 18 heavy (non-hydrogen) atoms. The molecule has 0 atom stereocenters. The van der Waals surface area contributed by atoms with Crippen LogP contribution in [-0.2, 0) is 15.9 Å². The van der Waals surface area contributed by atoms with Crippen molar-refractivity contribution in [1.29, 1.82) is 0 Å². The fourth-order valence-corrected chi connectivity index (χ4v) is 1.81. The van der Waals surface area contributed by atoms with Crippen molar-refractivity contribution in [2.24, 2.45) is 5.73 Å². The molecular formula is C12H20BN3O2. The Kier molecular flexibility index (Phi) is 3.13. The van der Waals surface area contributed by atoms with Crippen LogP contribution in [0.25, 0.3) is 0 Å². The van der Waals surface area contributed by atoms with Gasteiger partial charge in [0.05, 0.1) is 11.2 Å². The van der Waals surface area contributed by atoms with Gasteiger partial charge in [-0.25, -0.2) is 4.98 Å². The monoisotopic (exact) mass is 249 g/mol. The second kappa shape index (κ2) is 4.22. The molecule has 1 aromatic heterocycles. The van der Waals surface area contributed by atoms with Gasteiger partial charge in [0.1, 0.15) is 5.82 Å². The molecule has 1 aromatic rings. The Morgan fingerprint density at radius 1 is 1.22 bits per heavy atom. The molecule has 2 heterocycles. The number of rotatable bonds is 2. The zero-order valence-corrected chi connectivity index (χ0v) is 11.4. The van der Waals surface area contributed by atoms with Gasteiger partial charge < -0.3 is 20.8 Å². The maximum Gasteiger partial charge on any atom is 0.496 e. The molecular weight excluding hydrogens is 229 g/mol. The molecule has 1 saturated heterocycles. The number of anilines is 1. The van der Waals surface area contributed by atoms with Crippen LogP contribution in [0.4, 0.5) is 5.82 Å². The van der Waals surface area contributed by atoms with Crippen LogP contribution in [0.5, 0.6) is 0 Å². The number of nitrogens with zero attached hydrogens (tertiary/aromatic N) is 1. The molecule has 0 saturated carbocycles. The van der Waals surface area contributed by atoms with E-state index in [2.05, 4.69) is 4.98 Å². The van der Waals surface area contributed by atoms with Gasteiger partial charge in [0.25, 0.3) is 0 Å². The molecule has 4 N–H and O–H groups in total. The van der Waals surface area contributed by atoms with Crippen molar-refractivity contribution in [3.8, 4) is 0 Å². The lowest BCUT2D eigenvalue weighted by Gasteiger charge is -2.32. The number of aromatic nitrogens is 1. The van der Waals surface area contributed by atoms with Crippen LogP contribution < -0.4 is 16.9 Å². The second-order valence-electron chi connectivity index (χ2n) is 5.61. The molecule has 98 valence electrons. The molecule has 1 aliphatic heterocycles. The number of nitrogen functional groups attached to an aromatic ring is 1. The Hall–Kier alpha value is -1.11. The third-order valence-electron chi connectivity index (χ3n) is 3.77. The smallest absolute Gasteiger partial charge is 0.399 e. The second-order valence-corrected chi connectivity index (χ2v) is 5.61. The van der Waals surface area contributed by atoms with E-state index in [1.807, 2.05) is 33.8 Å². The van der Waals surface area contributed by atoms with Crippen molar-refractivity contribution in [3.63, 3.8) is 0 Å². The number of nitrogens with two attached hydrogens (primary N) is 2. The molecule has 1 fully saturated rings. The quantitative estimate of drug-likeness (QED) is 0.742. The standard InChI is InChI=1S/C12H20BN3O2/c1-11(2)12(3,4)18-13(17-11)9-5-8(6-14)10(15)16-7-9/h5,7H,6,14H2,1-4H3,(H2,15,16). The maximum atomic E-state index is 5.95. The molecule has 2 rings (SSSR count). The van der Waals surface area contributed by atoms with Crippen molar-refractivity contribution >= 4 is 18.4 Å². The van der Waals surface area contributed by atoms with Gasteiger partial charge in [-0.3, -0.25) is 0 Å². The van der Waals surface area contributed by atoms with Crippen molar-refractivity contribution < 1.29 is 9.31 Å². The Balaban J connectivity index is 2.30. The van der Waals surface area contributed by atoms with E-state index < -0.39 is 7.12 Å². The van der Waals surface area contributed by atoms with Crippen LogP contribution in [-0.4, -0.2) is 23.3 Å². The minimum absolute atomic E-state index is 0.353. The summed E-state index contributed by atoms with van der Waals surface area (Å²) in [4.78, 5) is 4.13. The van der Waals surface area contributed by atoms with Crippen LogP contribution in [0.15, 0.2) is 12.3 Å². The summed E-state index contributed by atoms with van der Waals surface area (Å²) in [7, 11) is -0.423. The largest absolute Gasteiger partial charge is 0.496 e. The van der Waals surface area contributed by atoms with E-state index in [0.717, 1.165) is 11.0 Å². The topological polar surface area (TPSA) is 83.4 Å². The van der Waals surface area contributed by atoms with E-state index in [9.17, 15) is 0 Å². The van der Waals surface area contributed by atoms with E-state index >= 15 is 0 Å². The average molecular weight is 249 g/mol. The van der Waals surface area contributed by atoms with Gasteiger partial charge in [-0.05, 0) is 27.7 Å². The fourth-order valence-electron chi connectivity index (χ4n) is 1.81. The van der Waals surface area contributed by atoms with Crippen molar-refractivity contribution in [1.82, 2.24) is 4.98 Å². The summed E-state index contributed by atoms with van der Waals surface area (Å²) in [6.07, 6.45) is 1.68. The average Bonchev–Trinajstić information content (AvgIpc) is 2.49. The normalized spacial score (nSPS) is 21.3. The van der Waals surface area contributed by atoms with E-state index in [0.29, 0.717) is 12.4 Å². The molecule has 6 heteroatoms. The molecule has 5 nitrogen and oxygen atoms in total. The third kappa shape index (κ3) is 2.11. The highest BCUT2D eigenvalue weighted by Gasteiger charge is 2.51. The van der Waals surface area contributed by atoms with Gasteiger partial charge in [-0.15, -0.1) is 0 Å². The van der Waals surface area contributed by atoms with E-state index in [1.54, 1.807) is 6.20 Å². The van der Waals surface area contributed by atoms with Crippen molar-refractivity contribution in [2.45, 2.75) is 45.4 Å². The first kappa shape index (κ1) is 13.3. The molecule has 0 aliphatic carbocycles. The predicted molar refractivity (Wildman–Crippen MR) is 72.3 cm³/mol. The first-order chi connectivity index (χ1) is 8.27. The highest BCUT2D eigenvalue weighted by molar-refractivity contribution is 6.62. The van der Waals surface area contributed by atoms with Crippen LogP contribution in [0, 0.1) is 0 Å². The maximum absolute atomic E-state index is 5.95. The molecule has 0 radical (unpaired) electrons. The molecule has 0 amide bonds. The molecule has 0 aromatic carbocycles. The lowest BCUT2D eigenvalue weighted by molar-refractivity contribution is 0.00578. The van der Waals surface area contributed by atoms with Gasteiger partial charge >= 0.3 is 7.12 Å².